The number of rotatable bonds is 4. The largest absolute Gasteiger partial charge is 0.496 e. The molecule has 20 heavy (non-hydrogen) atoms. The van der Waals surface area contributed by atoms with Crippen LogP contribution in [-0.4, -0.2) is 13.0 Å². The van der Waals surface area contributed by atoms with Gasteiger partial charge in [-0.2, -0.15) is 0 Å². The van der Waals surface area contributed by atoms with E-state index in [0.29, 0.717) is 17.0 Å². The van der Waals surface area contributed by atoms with Gasteiger partial charge in [-0.3, -0.25) is 4.79 Å². The van der Waals surface area contributed by atoms with Crippen LogP contribution in [0.1, 0.15) is 33.1 Å². The number of hydrogen-bond acceptors (Lipinski definition) is 4. The number of nitrogen functional groups attached to an aromatic ring is 1. The lowest BCUT2D eigenvalue weighted by molar-refractivity contribution is 0.0937. The average molecular weight is 290 g/mol. The third-order valence-corrected chi connectivity index (χ3v) is 4.19. The predicted molar refractivity (Wildman–Crippen MR) is 82.3 cm³/mol. The Balaban J connectivity index is 2.16. The minimum Gasteiger partial charge on any atom is -0.496 e. The minimum absolute atomic E-state index is 0.0385. The molecule has 0 fully saturated rings. The number of aryl methyl sites for hydroxylation is 1. The molecule has 0 aliphatic heterocycles. The van der Waals surface area contributed by atoms with E-state index >= 15 is 0 Å². The molecule has 0 bridgehead atoms. The van der Waals surface area contributed by atoms with Gasteiger partial charge in [-0.1, -0.05) is 0 Å². The van der Waals surface area contributed by atoms with Crippen LogP contribution >= 0.6 is 11.3 Å². The zero-order chi connectivity index (χ0) is 14.7. The molecule has 106 valence electrons. The second-order valence-electron chi connectivity index (χ2n) is 4.60. The Morgan fingerprint density at radius 3 is 2.70 bits per heavy atom. The summed E-state index contributed by atoms with van der Waals surface area (Å²) in [6, 6.07) is 9.06. The highest BCUT2D eigenvalue weighted by Gasteiger charge is 2.16. The molecule has 3 N–H and O–H groups in total. The first-order chi connectivity index (χ1) is 9.51. The first-order valence-corrected chi connectivity index (χ1v) is 7.13. The molecular formula is C15H18N2O2S. The molecule has 0 saturated carbocycles. The zero-order valence-electron chi connectivity index (χ0n) is 11.8. The molecule has 1 atom stereocenters. The number of carbonyl (C=O) groups excluding carboxylic acids is 1. The van der Waals surface area contributed by atoms with Crippen LogP contribution in [0.25, 0.3) is 0 Å². The summed E-state index contributed by atoms with van der Waals surface area (Å²) < 4.78 is 5.20. The van der Waals surface area contributed by atoms with Gasteiger partial charge in [0.1, 0.15) is 5.75 Å². The number of hydrogen-bond donors (Lipinski definition) is 2. The number of benzene rings is 1. The molecule has 4 nitrogen and oxygen atoms in total. The van der Waals surface area contributed by atoms with Gasteiger partial charge in [0.2, 0.25) is 0 Å². The molecule has 1 unspecified atom stereocenters. The van der Waals surface area contributed by atoms with E-state index in [4.69, 9.17) is 10.5 Å². The maximum absolute atomic E-state index is 12.3. The van der Waals surface area contributed by atoms with Gasteiger partial charge in [-0.15, -0.1) is 11.3 Å². The summed E-state index contributed by atoms with van der Waals surface area (Å²) in [7, 11) is 1.53. The number of nitrogens with one attached hydrogen (secondary N) is 1. The molecule has 2 aromatic rings. The summed E-state index contributed by atoms with van der Waals surface area (Å²) in [6.45, 7) is 4.01. The molecule has 5 heteroatoms. The van der Waals surface area contributed by atoms with E-state index in [0.717, 1.165) is 4.88 Å². The van der Waals surface area contributed by atoms with Gasteiger partial charge in [-0.25, -0.2) is 0 Å². The Kier molecular flexibility index (Phi) is 4.29. The van der Waals surface area contributed by atoms with E-state index < -0.39 is 0 Å². The summed E-state index contributed by atoms with van der Waals surface area (Å²) in [5.41, 5.74) is 6.75. The number of carbonyl (C=O) groups is 1. The smallest absolute Gasteiger partial charge is 0.255 e. The summed E-state index contributed by atoms with van der Waals surface area (Å²) in [6.07, 6.45) is 0. The van der Waals surface area contributed by atoms with Gasteiger partial charge in [0.25, 0.3) is 5.91 Å². The lowest BCUT2D eigenvalue weighted by atomic mass is 10.1. The molecule has 1 aromatic heterocycles. The van der Waals surface area contributed by atoms with Crippen LogP contribution in [0, 0.1) is 6.92 Å². The van der Waals surface area contributed by atoms with E-state index in [-0.39, 0.29) is 11.9 Å². The molecule has 1 amide bonds. The molecular weight excluding hydrogens is 272 g/mol. The summed E-state index contributed by atoms with van der Waals surface area (Å²) >= 11 is 1.68. The third kappa shape index (κ3) is 3.11. The SMILES string of the molecule is COc1cc(N)ccc1C(=O)NC(C)c1ccc(C)s1. The van der Waals surface area contributed by atoms with Crippen LogP contribution in [-0.2, 0) is 0 Å². The Hall–Kier alpha value is -2.01. The van der Waals surface area contributed by atoms with Crippen molar-refractivity contribution in [3.8, 4) is 5.75 Å². The zero-order valence-corrected chi connectivity index (χ0v) is 12.6. The number of thiophene rings is 1. The number of ether oxygens (including phenoxy) is 1. The van der Waals surface area contributed by atoms with Gasteiger partial charge in [-0.05, 0) is 38.1 Å². The molecule has 0 spiro atoms. The lowest BCUT2D eigenvalue weighted by Gasteiger charge is -2.14. The Morgan fingerprint density at radius 2 is 2.10 bits per heavy atom. The van der Waals surface area contributed by atoms with Crippen molar-refractivity contribution in [2.75, 3.05) is 12.8 Å². The van der Waals surface area contributed by atoms with Crippen molar-refractivity contribution >= 4 is 22.9 Å². The molecule has 0 aliphatic carbocycles. The highest BCUT2D eigenvalue weighted by Crippen LogP contribution is 2.25. The first kappa shape index (κ1) is 14.4. The quantitative estimate of drug-likeness (QED) is 0.850. The summed E-state index contributed by atoms with van der Waals surface area (Å²) in [5, 5.41) is 2.97. The van der Waals surface area contributed by atoms with Crippen LogP contribution in [0.5, 0.6) is 5.75 Å². The number of nitrogens with two attached hydrogens (primary N) is 1. The standard InChI is InChI=1S/C15H18N2O2S/c1-9-4-7-14(20-9)10(2)17-15(18)12-6-5-11(16)8-13(12)19-3/h4-8,10H,16H2,1-3H3,(H,17,18). The minimum atomic E-state index is -0.166. The van der Waals surface area contributed by atoms with Crippen LogP contribution in [0.4, 0.5) is 5.69 Å². The van der Waals surface area contributed by atoms with Gasteiger partial charge in [0.05, 0.1) is 18.7 Å². The van der Waals surface area contributed by atoms with Crippen LogP contribution in [0.2, 0.25) is 0 Å². The summed E-state index contributed by atoms with van der Waals surface area (Å²) in [5.74, 6) is 0.317. The molecule has 1 heterocycles. The van der Waals surface area contributed by atoms with Crippen LogP contribution < -0.4 is 15.8 Å². The van der Waals surface area contributed by atoms with Gasteiger partial charge < -0.3 is 15.8 Å². The molecule has 0 radical (unpaired) electrons. The van der Waals surface area contributed by atoms with Crippen molar-refractivity contribution in [1.82, 2.24) is 5.32 Å². The fourth-order valence-electron chi connectivity index (χ4n) is 1.93. The van der Waals surface area contributed by atoms with Crippen molar-refractivity contribution in [2.45, 2.75) is 19.9 Å². The normalized spacial score (nSPS) is 11.9. The third-order valence-electron chi connectivity index (χ3n) is 3.01. The fraction of sp³-hybridized carbons (Fsp3) is 0.267. The number of anilines is 1. The Labute approximate surface area is 122 Å². The lowest BCUT2D eigenvalue weighted by Crippen LogP contribution is -2.26. The average Bonchev–Trinajstić information content (AvgIpc) is 2.85. The predicted octanol–water partition coefficient (Wildman–Crippen LogP) is 3.14. The number of amides is 1. The Morgan fingerprint density at radius 1 is 1.35 bits per heavy atom. The van der Waals surface area contributed by atoms with E-state index in [9.17, 15) is 4.79 Å². The van der Waals surface area contributed by atoms with Crippen molar-refractivity contribution in [1.29, 1.82) is 0 Å². The van der Waals surface area contributed by atoms with E-state index in [1.807, 2.05) is 26.0 Å². The van der Waals surface area contributed by atoms with Crippen molar-refractivity contribution in [3.05, 3.63) is 45.6 Å². The van der Waals surface area contributed by atoms with Crippen molar-refractivity contribution in [2.24, 2.45) is 0 Å². The van der Waals surface area contributed by atoms with E-state index in [2.05, 4.69) is 5.32 Å². The van der Waals surface area contributed by atoms with Crippen LogP contribution in [0.15, 0.2) is 30.3 Å². The highest BCUT2D eigenvalue weighted by atomic mass is 32.1. The molecule has 0 saturated heterocycles. The molecule has 0 aliphatic rings. The van der Waals surface area contributed by atoms with Crippen molar-refractivity contribution < 1.29 is 9.53 Å². The van der Waals surface area contributed by atoms with E-state index in [1.54, 1.807) is 29.5 Å². The van der Waals surface area contributed by atoms with Gasteiger partial charge in [0.15, 0.2) is 0 Å². The summed E-state index contributed by atoms with van der Waals surface area (Å²) in [4.78, 5) is 14.7. The monoisotopic (exact) mass is 290 g/mol. The Bertz CT molecular complexity index is 622. The molecule has 2 rings (SSSR count). The maximum Gasteiger partial charge on any atom is 0.255 e. The second kappa shape index (κ2) is 5.96. The van der Waals surface area contributed by atoms with Gasteiger partial charge >= 0.3 is 0 Å². The fourth-order valence-corrected chi connectivity index (χ4v) is 2.81. The topological polar surface area (TPSA) is 64.3 Å². The maximum atomic E-state index is 12.3. The first-order valence-electron chi connectivity index (χ1n) is 6.32. The number of methoxy groups -OCH3 is 1. The van der Waals surface area contributed by atoms with Gasteiger partial charge in [0, 0.05) is 21.5 Å². The van der Waals surface area contributed by atoms with Crippen LogP contribution in [0.3, 0.4) is 0 Å². The highest BCUT2D eigenvalue weighted by molar-refractivity contribution is 7.12. The molecule has 1 aromatic carbocycles. The van der Waals surface area contributed by atoms with Crippen molar-refractivity contribution in [3.63, 3.8) is 0 Å². The van der Waals surface area contributed by atoms with E-state index in [1.165, 1.54) is 12.0 Å². The second-order valence-corrected chi connectivity index (χ2v) is 5.92.